The molecule has 0 aromatic rings. The van der Waals surface area contributed by atoms with E-state index in [0.717, 1.165) is 6.92 Å². The largest absolute Gasteiger partial charge is 2.00 e. The fraction of sp³-hybridized carbons (Fsp3) is 0.500. The second-order valence-corrected chi connectivity index (χ2v) is 0.492. The standard InChI is InChI=1S/C2H4O2.ClH.Co.5N/c1-2(3)4;;;;;;;/h1H3,(H,3,4);1H;;;;;;/q;;+2;;;;;/p-2. The molecule has 0 N–H and O–H groups in total. The van der Waals surface area contributed by atoms with Crippen LogP contribution in [-0.2, 0) is 21.6 Å². The molecule has 0 bridgehead atoms. The molecule has 11 heavy (non-hydrogen) atoms. The Kier molecular flexibility index (Phi) is 954. The first-order valence-electron chi connectivity index (χ1n) is 0.908. The van der Waals surface area contributed by atoms with Crippen molar-refractivity contribution in [3.8, 4) is 0 Å². The molecule has 9 heteroatoms. The van der Waals surface area contributed by atoms with Crippen LogP contribution >= 0.6 is 0 Å². The Balaban J connectivity index is -0.00000000214. The number of nitrogens with zero attached hydrogens (tertiary/aromatic N) is 5. The van der Waals surface area contributed by atoms with Crippen LogP contribution in [0.5, 0.6) is 0 Å². The quantitative estimate of drug-likeness (QED) is 0.394. The first kappa shape index (κ1) is 119. The second-order valence-electron chi connectivity index (χ2n) is 0.492. The average Bonchev–Trinajstić information content (AvgIpc) is 0.811. The zero-order valence-electron chi connectivity index (χ0n) is 5.26. The number of halogens is 1. The minimum absolute atomic E-state index is 0. The van der Waals surface area contributed by atoms with Crippen molar-refractivity contribution in [3.05, 3.63) is 0 Å². The number of carboxylic acids is 1. The van der Waals surface area contributed by atoms with E-state index in [2.05, 4.69) is 0 Å². The molecule has 0 amide bonds. The molecule has 0 atom stereocenters. The Bertz CT molecular complexity index is 45.5. The maximum absolute atomic E-state index is 8.89. The van der Waals surface area contributed by atoms with Gasteiger partial charge in [0.25, 0.3) is 0 Å². The third-order valence-corrected chi connectivity index (χ3v) is 0. The minimum Gasteiger partial charge on any atom is -1.00 e. The second kappa shape index (κ2) is 88.0. The number of rotatable bonds is 0. The van der Waals surface area contributed by atoms with Gasteiger partial charge in [-0.15, -0.1) is 0 Å². The molecule has 0 heterocycles. The zero-order chi connectivity index (χ0) is 3.58. The molecular weight excluding hydrogens is 220 g/mol. The Hall–Kier alpha value is 0.0665. The summed E-state index contributed by atoms with van der Waals surface area (Å²) < 4.78 is 0. The first-order chi connectivity index (χ1) is 1.73. The van der Waals surface area contributed by atoms with Gasteiger partial charge >= 0.3 is 16.8 Å². The van der Waals surface area contributed by atoms with Gasteiger partial charge in [0, 0.05) is 36.7 Å². The van der Waals surface area contributed by atoms with Gasteiger partial charge in [0.1, 0.15) is 0 Å². The fourth-order valence-electron chi connectivity index (χ4n) is 0. The monoisotopic (exact) mass is 223 g/mol. The van der Waals surface area contributed by atoms with Crippen LogP contribution in [0.4, 0.5) is 0 Å². The number of carbonyl (C=O) groups excluding carboxylic acids is 1. The normalized spacial score (nSPS) is 2.27. The van der Waals surface area contributed by atoms with Crippen molar-refractivity contribution in [1.82, 2.24) is 30.8 Å². The van der Waals surface area contributed by atoms with Crippen LogP contribution in [0.25, 0.3) is 0 Å². The van der Waals surface area contributed by atoms with E-state index in [0.29, 0.717) is 0 Å². The third-order valence-electron chi connectivity index (χ3n) is 0. The molecule has 0 aliphatic carbocycles. The number of aliphatic carboxylic acids is 1. The molecule has 0 spiro atoms. The van der Waals surface area contributed by atoms with Gasteiger partial charge in [0.15, 0.2) is 0 Å². The third kappa shape index (κ3) is 148000. The first-order valence-corrected chi connectivity index (χ1v) is 0.908. The molecule has 0 aromatic carbocycles. The van der Waals surface area contributed by atoms with Crippen molar-refractivity contribution in [3.63, 3.8) is 0 Å². The molecule has 0 aliphatic heterocycles. The van der Waals surface area contributed by atoms with Gasteiger partial charge < -0.3 is 22.3 Å². The Morgan fingerprint density at radius 1 is 1.00 bits per heavy atom. The number of hydrogen-bond acceptors (Lipinski definition) is 2. The summed E-state index contributed by atoms with van der Waals surface area (Å²) in [6.45, 7) is 0.972. The van der Waals surface area contributed by atoms with E-state index in [1.165, 1.54) is 0 Å². The van der Waals surface area contributed by atoms with Crippen molar-refractivity contribution in [2.75, 3.05) is 0 Å². The van der Waals surface area contributed by atoms with Crippen molar-refractivity contribution in [2.24, 2.45) is 0 Å². The molecule has 7 nitrogen and oxygen atoms in total. The summed E-state index contributed by atoms with van der Waals surface area (Å²) in [6.07, 6.45) is 0. The van der Waals surface area contributed by atoms with Crippen molar-refractivity contribution >= 4 is 5.97 Å². The molecule has 0 fully saturated rings. The van der Waals surface area contributed by atoms with Crippen LogP contribution in [0.1, 0.15) is 6.92 Å². The van der Waals surface area contributed by atoms with E-state index < -0.39 is 5.97 Å². The van der Waals surface area contributed by atoms with E-state index in [1.54, 1.807) is 0 Å². The maximum Gasteiger partial charge on any atom is 2.00 e. The fourth-order valence-corrected chi connectivity index (χ4v) is 0. The predicted octanol–water partition coefficient (Wildman–Crippen LogP) is -6.65. The topological polar surface area (TPSA) is 193 Å². The molecule has 0 unspecified atom stereocenters. The molecular formula is C2H3ClCoN5O2. The van der Waals surface area contributed by atoms with Gasteiger partial charge in [0.2, 0.25) is 0 Å². The van der Waals surface area contributed by atoms with Gasteiger partial charge in [-0.2, -0.15) is 0 Å². The van der Waals surface area contributed by atoms with E-state index in [9.17, 15) is 0 Å². The molecule has 0 aromatic heterocycles. The maximum atomic E-state index is 8.89. The Morgan fingerprint density at radius 2 is 1.00 bits per heavy atom. The molecule has 64 valence electrons. The summed E-state index contributed by atoms with van der Waals surface area (Å²) in [7, 11) is 0. The van der Waals surface area contributed by atoms with Gasteiger partial charge in [-0.1, -0.05) is 0 Å². The van der Waals surface area contributed by atoms with Gasteiger partial charge in [-0.05, 0) is 6.92 Å². The molecule has 16 radical (unpaired) electrons. The van der Waals surface area contributed by atoms with Gasteiger partial charge in [-0.3, -0.25) is 0 Å². The van der Waals surface area contributed by atoms with Crippen molar-refractivity contribution in [2.45, 2.75) is 6.92 Å². The van der Waals surface area contributed by atoms with Gasteiger partial charge in [-0.25, -0.2) is 0 Å². The Morgan fingerprint density at radius 3 is 1.00 bits per heavy atom. The summed E-state index contributed by atoms with van der Waals surface area (Å²) in [5.74, 6) is -1.08. The summed E-state index contributed by atoms with van der Waals surface area (Å²) in [6, 6.07) is 0. The Labute approximate surface area is 83.2 Å². The number of hydrogen-bond donors (Lipinski definition) is 0. The summed E-state index contributed by atoms with van der Waals surface area (Å²) in [5, 5.41) is 8.89. The molecule has 0 saturated carbocycles. The van der Waals surface area contributed by atoms with Crippen LogP contribution in [0.2, 0.25) is 0 Å². The number of carbonyl (C=O) groups is 1. The van der Waals surface area contributed by atoms with E-state index >= 15 is 0 Å². The van der Waals surface area contributed by atoms with Crippen LogP contribution in [0, 0.1) is 0 Å². The summed E-state index contributed by atoms with van der Waals surface area (Å²) in [5.41, 5.74) is 0. The zero-order valence-corrected chi connectivity index (χ0v) is 7.06. The van der Waals surface area contributed by atoms with Crippen molar-refractivity contribution in [1.29, 1.82) is 0 Å². The molecule has 0 aliphatic rings. The van der Waals surface area contributed by atoms with Crippen LogP contribution in [0.15, 0.2) is 0 Å². The summed E-state index contributed by atoms with van der Waals surface area (Å²) in [4.78, 5) is 8.89. The number of carboxylic acid groups (broad SMARTS) is 1. The van der Waals surface area contributed by atoms with Gasteiger partial charge in [0.05, 0.1) is 0 Å². The summed E-state index contributed by atoms with van der Waals surface area (Å²) >= 11 is 0. The van der Waals surface area contributed by atoms with E-state index in [4.69, 9.17) is 9.90 Å². The van der Waals surface area contributed by atoms with Crippen LogP contribution in [0.3, 0.4) is 0 Å². The van der Waals surface area contributed by atoms with Crippen LogP contribution in [-0.4, -0.2) is 5.97 Å². The minimum atomic E-state index is -1.08. The average molecular weight is 223 g/mol. The van der Waals surface area contributed by atoms with E-state index in [1.807, 2.05) is 0 Å². The predicted molar refractivity (Wildman–Crippen MR) is 21.4 cm³/mol. The molecule has 0 rings (SSSR count). The smallest absolute Gasteiger partial charge is 1.00 e. The SMILES string of the molecule is CC(=O)[O-].[Cl-].[Co+2].[N].[N].[N].[N].[N]. The van der Waals surface area contributed by atoms with Crippen molar-refractivity contribution < 1.29 is 39.1 Å². The molecule has 0 saturated heterocycles. The van der Waals surface area contributed by atoms with Crippen LogP contribution < -0.4 is 48.3 Å². The van der Waals surface area contributed by atoms with E-state index in [-0.39, 0.29) is 59.9 Å².